The lowest BCUT2D eigenvalue weighted by Gasteiger charge is -2.08. The molecule has 0 spiro atoms. The molecule has 0 amide bonds. The van der Waals surface area contributed by atoms with E-state index in [2.05, 4.69) is 16.5 Å². The molecule has 5 heteroatoms. The first kappa shape index (κ1) is 11.6. The van der Waals surface area contributed by atoms with Crippen molar-refractivity contribution in [3.05, 3.63) is 36.0 Å². The number of benzene rings is 1. The molecule has 0 radical (unpaired) electrons. The van der Waals surface area contributed by atoms with Crippen LogP contribution in [-0.4, -0.2) is 16.0 Å². The molecular formula is C12H12N4S. The number of rotatable bonds is 3. The summed E-state index contributed by atoms with van der Waals surface area (Å²) < 4.78 is 1.72. The standard InChI is InChI=1S/C12H12N4S/c1-16-7-6-12(15-16)14-10-4-3-5-11(17-2)9(10)8-13/h3-7H,1-2H3,(H,14,15). The third-order valence-corrected chi connectivity index (χ3v) is 3.11. The molecular weight excluding hydrogens is 232 g/mol. The van der Waals surface area contributed by atoms with Crippen molar-refractivity contribution in [2.24, 2.45) is 7.05 Å². The fraction of sp³-hybridized carbons (Fsp3) is 0.167. The first-order valence-corrected chi connectivity index (χ1v) is 6.31. The predicted octanol–water partition coefficient (Wildman–Crippen LogP) is 2.76. The summed E-state index contributed by atoms with van der Waals surface area (Å²) in [6, 6.07) is 9.84. The van der Waals surface area contributed by atoms with Gasteiger partial charge >= 0.3 is 0 Å². The number of hydrogen-bond donors (Lipinski definition) is 1. The highest BCUT2D eigenvalue weighted by molar-refractivity contribution is 7.98. The van der Waals surface area contributed by atoms with Gasteiger partial charge in [-0.05, 0) is 18.4 Å². The first-order chi connectivity index (χ1) is 8.24. The van der Waals surface area contributed by atoms with Crippen LogP contribution in [-0.2, 0) is 7.05 Å². The maximum atomic E-state index is 9.18. The Hall–Kier alpha value is -1.93. The summed E-state index contributed by atoms with van der Waals surface area (Å²) in [5, 5.41) is 16.6. The summed E-state index contributed by atoms with van der Waals surface area (Å²) in [6.45, 7) is 0. The molecule has 0 aliphatic rings. The maximum Gasteiger partial charge on any atom is 0.152 e. The van der Waals surface area contributed by atoms with E-state index in [0.29, 0.717) is 5.56 Å². The van der Waals surface area contributed by atoms with Crippen molar-refractivity contribution in [2.45, 2.75) is 4.90 Å². The highest BCUT2D eigenvalue weighted by Gasteiger charge is 2.08. The molecule has 1 N–H and O–H groups in total. The normalized spacial score (nSPS) is 9.94. The minimum atomic E-state index is 0.658. The molecule has 0 bridgehead atoms. The van der Waals surface area contributed by atoms with E-state index < -0.39 is 0 Å². The third-order valence-electron chi connectivity index (χ3n) is 2.33. The molecule has 0 aliphatic heterocycles. The van der Waals surface area contributed by atoms with E-state index in [-0.39, 0.29) is 0 Å². The molecule has 0 saturated carbocycles. The Bertz CT molecular complexity index is 568. The van der Waals surface area contributed by atoms with Crippen LogP contribution in [0.2, 0.25) is 0 Å². The van der Waals surface area contributed by atoms with Gasteiger partial charge in [0.25, 0.3) is 0 Å². The largest absolute Gasteiger partial charge is 0.338 e. The lowest BCUT2D eigenvalue weighted by atomic mass is 10.2. The summed E-state index contributed by atoms with van der Waals surface area (Å²) in [5.41, 5.74) is 1.45. The quantitative estimate of drug-likeness (QED) is 0.843. The van der Waals surface area contributed by atoms with Crippen LogP contribution in [0.4, 0.5) is 11.5 Å². The van der Waals surface area contributed by atoms with Gasteiger partial charge in [-0.2, -0.15) is 10.4 Å². The summed E-state index contributed by atoms with van der Waals surface area (Å²) in [7, 11) is 1.86. The van der Waals surface area contributed by atoms with Gasteiger partial charge in [-0.3, -0.25) is 4.68 Å². The third kappa shape index (κ3) is 2.43. The minimum Gasteiger partial charge on any atom is -0.338 e. The molecule has 1 heterocycles. The van der Waals surface area contributed by atoms with Crippen molar-refractivity contribution < 1.29 is 0 Å². The van der Waals surface area contributed by atoms with E-state index in [0.717, 1.165) is 16.4 Å². The summed E-state index contributed by atoms with van der Waals surface area (Å²) >= 11 is 1.56. The zero-order chi connectivity index (χ0) is 12.3. The number of nitriles is 1. The van der Waals surface area contributed by atoms with Crippen molar-refractivity contribution >= 4 is 23.3 Å². The molecule has 17 heavy (non-hydrogen) atoms. The van der Waals surface area contributed by atoms with Gasteiger partial charge in [0, 0.05) is 24.2 Å². The number of aryl methyl sites for hydroxylation is 1. The van der Waals surface area contributed by atoms with Crippen LogP contribution in [0.3, 0.4) is 0 Å². The Labute approximate surface area is 104 Å². The smallest absolute Gasteiger partial charge is 0.152 e. The molecule has 1 aromatic heterocycles. The van der Waals surface area contributed by atoms with Crippen molar-refractivity contribution in [3.8, 4) is 6.07 Å². The number of thioether (sulfide) groups is 1. The van der Waals surface area contributed by atoms with E-state index in [1.54, 1.807) is 16.4 Å². The highest BCUT2D eigenvalue weighted by atomic mass is 32.2. The highest BCUT2D eigenvalue weighted by Crippen LogP contribution is 2.27. The van der Waals surface area contributed by atoms with Crippen molar-refractivity contribution in [1.82, 2.24) is 9.78 Å². The first-order valence-electron chi connectivity index (χ1n) is 5.08. The summed E-state index contributed by atoms with van der Waals surface area (Å²) in [5.74, 6) is 0.738. The number of aromatic nitrogens is 2. The molecule has 0 saturated heterocycles. The second kappa shape index (κ2) is 4.93. The Balaban J connectivity index is 2.36. The van der Waals surface area contributed by atoms with E-state index >= 15 is 0 Å². The summed E-state index contributed by atoms with van der Waals surface area (Å²) in [6.07, 6.45) is 3.81. The Morgan fingerprint density at radius 2 is 2.24 bits per heavy atom. The molecule has 2 aromatic rings. The van der Waals surface area contributed by atoms with Crippen LogP contribution in [0.15, 0.2) is 35.4 Å². The van der Waals surface area contributed by atoms with Gasteiger partial charge in [-0.1, -0.05) is 6.07 Å². The second-order valence-corrected chi connectivity index (χ2v) is 4.34. The molecule has 0 fully saturated rings. The maximum absolute atomic E-state index is 9.18. The van der Waals surface area contributed by atoms with Crippen LogP contribution < -0.4 is 5.32 Å². The van der Waals surface area contributed by atoms with Gasteiger partial charge < -0.3 is 5.32 Å². The Morgan fingerprint density at radius 3 is 2.82 bits per heavy atom. The average Bonchev–Trinajstić information content (AvgIpc) is 2.74. The van der Waals surface area contributed by atoms with Crippen LogP contribution in [0.1, 0.15) is 5.56 Å². The SMILES string of the molecule is CSc1cccc(Nc2ccn(C)n2)c1C#N. The van der Waals surface area contributed by atoms with Gasteiger partial charge in [0.2, 0.25) is 0 Å². The van der Waals surface area contributed by atoms with Gasteiger partial charge in [0.1, 0.15) is 6.07 Å². The number of anilines is 2. The molecule has 0 unspecified atom stereocenters. The van der Waals surface area contributed by atoms with Crippen molar-refractivity contribution in [3.63, 3.8) is 0 Å². The lowest BCUT2D eigenvalue weighted by molar-refractivity contribution is 0.771. The van der Waals surface area contributed by atoms with E-state index in [4.69, 9.17) is 0 Å². The van der Waals surface area contributed by atoms with Crippen molar-refractivity contribution in [1.29, 1.82) is 5.26 Å². The molecule has 0 aliphatic carbocycles. The molecule has 0 atom stereocenters. The number of nitrogens with one attached hydrogen (secondary N) is 1. The van der Waals surface area contributed by atoms with E-state index in [1.807, 2.05) is 43.8 Å². The van der Waals surface area contributed by atoms with Crippen molar-refractivity contribution in [2.75, 3.05) is 11.6 Å². The van der Waals surface area contributed by atoms with Gasteiger partial charge in [0.05, 0.1) is 11.3 Å². The molecule has 86 valence electrons. The summed E-state index contributed by atoms with van der Waals surface area (Å²) in [4.78, 5) is 0.966. The predicted molar refractivity (Wildman–Crippen MR) is 69.4 cm³/mol. The molecule has 2 rings (SSSR count). The second-order valence-electron chi connectivity index (χ2n) is 3.49. The number of nitrogens with zero attached hydrogens (tertiary/aromatic N) is 3. The topological polar surface area (TPSA) is 53.6 Å². The fourth-order valence-corrected chi connectivity index (χ4v) is 2.11. The van der Waals surface area contributed by atoms with Gasteiger partial charge in [-0.25, -0.2) is 0 Å². The van der Waals surface area contributed by atoms with Crippen LogP contribution >= 0.6 is 11.8 Å². The zero-order valence-corrected chi connectivity index (χ0v) is 10.5. The minimum absolute atomic E-state index is 0.658. The lowest BCUT2D eigenvalue weighted by Crippen LogP contribution is -1.97. The Kier molecular flexibility index (Phi) is 3.35. The monoisotopic (exact) mass is 244 g/mol. The van der Waals surface area contributed by atoms with Gasteiger partial charge in [0.15, 0.2) is 5.82 Å². The van der Waals surface area contributed by atoms with Gasteiger partial charge in [-0.15, -0.1) is 11.8 Å². The fourth-order valence-electron chi connectivity index (χ4n) is 1.54. The van der Waals surface area contributed by atoms with Crippen LogP contribution in [0.5, 0.6) is 0 Å². The van der Waals surface area contributed by atoms with E-state index in [9.17, 15) is 5.26 Å². The van der Waals surface area contributed by atoms with Crippen LogP contribution in [0, 0.1) is 11.3 Å². The molecule has 4 nitrogen and oxygen atoms in total. The van der Waals surface area contributed by atoms with Crippen LogP contribution in [0.25, 0.3) is 0 Å². The average molecular weight is 244 g/mol. The Morgan fingerprint density at radius 1 is 1.41 bits per heavy atom. The van der Waals surface area contributed by atoms with E-state index in [1.165, 1.54) is 0 Å². The molecule has 1 aromatic carbocycles. The zero-order valence-electron chi connectivity index (χ0n) is 9.64. The number of hydrogen-bond acceptors (Lipinski definition) is 4.